The van der Waals surface area contributed by atoms with Crippen molar-refractivity contribution in [2.24, 2.45) is 0 Å². The summed E-state index contributed by atoms with van der Waals surface area (Å²) in [6.07, 6.45) is 1.48. The van der Waals surface area contributed by atoms with Crippen LogP contribution in [-0.2, 0) is 0 Å². The summed E-state index contributed by atoms with van der Waals surface area (Å²) in [5.41, 5.74) is 9.71. The summed E-state index contributed by atoms with van der Waals surface area (Å²) in [7, 11) is 0. The van der Waals surface area contributed by atoms with Crippen molar-refractivity contribution in [3.8, 4) is 0 Å². The molecule has 0 atom stereocenters. The minimum Gasteiger partial charge on any atom is -0.399 e. The summed E-state index contributed by atoms with van der Waals surface area (Å²) in [4.78, 5) is 29.4. The largest absolute Gasteiger partial charge is 0.399 e. The Balaban J connectivity index is 1.31. The van der Waals surface area contributed by atoms with Crippen LogP contribution < -0.4 is 15.5 Å². The van der Waals surface area contributed by atoms with E-state index >= 15 is 0 Å². The molecule has 27 heavy (non-hydrogen) atoms. The Morgan fingerprint density at radius 2 is 1.41 bits per heavy atom. The topological polar surface area (TPSA) is 69.9 Å². The van der Waals surface area contributed by atoms with Gasteiger partial charge in [-0.15, -0.1) is 0 Å². The fourth-order valence-corrected chi connectivity index (χ4v) is 3.90. The van der Waals surface area contributed by atoms with Gasteiger partial charge in [0, 0.05) is 73.5 Å². The Morgan fingerprint density at radius 3 is 2.04 bits per heavy atom. The Bertz CT molecular complexity index is 823. The lowest BCUT2D eigenvalue weighted by Crippen LogP contribution is -2.63. The number of carbonyl (C=O) groups excluding carboxylic acids is 2. The van der Waals surface area contributed by atoms with Gasteiger partial charge in [0.2, 0.25) is 0 Å². The first-order chi connectivity index (χ1) is 13.2. The van der Waals surface area contributed by atoms with Crippen molar-refractivity contribution in [2.75, 3.05) is 54.8 Å². The van der Waals surface area contributed by atoms with Gasteiger partial charge < -0.3 is 15.5 Å². The minimum atomic E-state index is 0.449. The normalized spacial score (nSPS) is 18.2. The zero-order valence-corrected chi connectivity index (χ0v) is 15.3. The standard InChI is InChI=1S/C21H24N4O2/c22-18-2-5-19(6-3-18)25-12-21(13-25)24-9-7-23(8-10-24)20-4-1-16(14-26)17(11-20)15-27/h1-6,11,14-15,21H,7-10,12-13,22H2. The molecule has 2 N–H and O–H groups in total. The first-order valence-corrected chi connectivity index (χ1v) is 9.32. The molecular formula is C21H24N4O2. The van der Waals surface area contributed by atoms with Gasteiger partial charge in [-0.1, -0.05) is 0 Å². The molecule has 2 aliphatic heterocycles. The van der Waals surface area contributed by atoms with Gasteiger partial charge in [0.05, 0.1) is 0 Å². The molecule has 6 heteroatoms. The van der Waals surface area contributed by atoms with Crippen molar-refractivity contribution in [3.63, 3.8) is 0 Å². The van der Waals surface area contributed by atoms with E-state index in [-0.39, 0.29) is 0 Å². The van der Waals surface area contributed by atoms with E-state index in [1.165, 1.54) is 5.69 Å². The lowest BCUT2D eigenvalue weighted by molar-refractivity contribution is 0.109. The Labute approximate surface area is 159 Å². The average molecular weight is 364 g/mol. The zero-order valence-electron chi connectivity index (χ0n) is 15.3. The van der Waals surface area contributed by atoms with Crippen molar-refractivity contribution < 1.29 is 9.59 Å². The Morgan fingerprint density at radius 1 is 0.778 bits per heavy atom. The summed E-state index contributed by atoms with van der Waals surface area (Å²) in [6.45, 7) is 5.97. The van der Waals surface area contributed by atoms with E-state index in [1.54, 1.807) is 6.07 Å². The lowest BCUT2D eigenvalue weighted by Gasteiger charge is -2.49. The molecule has 0 saturated carbocycles. The second-order valence-corrected chi connectivity index (χ2v) is 7.22. The fourth-order valence-electron chi connectivity index (χ4n) is 3.90. The number of carbonyl (C=O) groups is 2. The number of rotatable bonds is 5. The molecule has 2 aliphatic rings. The summed E-state index contributed by atoms with van der Waals surface area (Å²) < 4.78 is 0. The van der Waals surface area contributed by atoms with Crippen LogP contribution in [0.25, 0.3) is 0 Å². The van der Waals surface area contributed by atoms with Gasteiger partial charge in [-0.25, -0.2) is 0 Å². The summed E-state index contributed by atoms with van der Waals surface area (Å²) in [6, 6.07) is 14.1. The van der Waals surface area contributed by atoms with Crippen molar-refractivity contribution >= 4 is 29.6 Å². The molecule has 2 aromatic carbocycles. The zero-order chi connectivity index (χ0) is 18.8. The number of anilines is 3. The minimum absolute atomic E-state index is 0.449. The molecule has 6 nitrogen and oxygen atoms in total. The summed E-state index contributed by atoms with van der Waals surface area (Å²) in [5.74, 6) is 0. The predicted molar refractivity (Wildman–Crippen MR) is 108 cm³/mol. The van der Waals surface area contributed by atoms with Crippen LogP contribution in [0.4, 0.5) is 17.1 Å². The molecule has 0 bridgehead atoms. The highest BCUT2D eigenvalue weighted by atomic mass is 16.1. The molecule has 140 valence electrons. The van der Waals surface area contributed by atoms with E-state index in [4.69, 9.17) is 5.73 Å². The lowest BCUT2D eigenvalue weighted by atomic mass is 10.0. The van der Waals surface area contributed by atoms with Crippen LogP contribution in [0.3, 0.4) is 0 Å². The fraction of sp³-hybridized carbons (Fsp3) is 0.333. The number of piperazine rings is 1. The molecule has 2 saturated heterocycles. The van der Waals surface area contributed by atoms with Crippen molar-refractivity contribution in [1.82, 2.24) is 4.90 Å². The van der Waals surface area contributed by atoms with Gasteiger partial charge in [-0.3, -0.25) is 14.5 Å². The third-order valence-corrected chi connectivity index (χ3v) is 5.64. The second kappa shape index (κ2) is 7.40. The molecule has 0 aliphatic carbocycles. The number of aldehydes is 2. The molecular weight excluding hydrogens is 340 g/mol. The quantitative estimate of drug-likeness (QED) is 0.646. The van der Waals surface area contributed by atoms with E-state index in [9.17, 15) is 9.59 Å². The number of nitrogen functional groups attached to an aromatic ring is 1. The van der Waals surface area contributed by atoms with E-state index in [0.717, 1.165) is 63.2 Å². The van der Waals surface area contributed by atoms with Crippen LogP contribution in [0.1, 0.15) is 20.7 Å². The molecule has 2 heterocycles. The van der Waals surface area contributed by atoms with Crippen LogP contribution in [0.5, 0.6) is 0 Å². The van der Waals surface area contributed by atoms with Crippen LogP contribution in [0, 0.1) is 0 Å². The smallest absolute Gasteiger partial charge is 0.150 e. The molecule has 2 fully saturated rings. The van der Waals surface area contributed by atoms with Crippen molar-refractivity contribution in [3.05, 3.63) is 53.6 Å². The van der Waals surface area contributed by atoms with Gasteiger partial charge >= 0.3 is 0 Å². The van der Waals surface area contributed by atoms with Gasteiger partial charge in [-0.05, 0) is 42.5 Å². The maximum atomic E-state index is 11.2. The SMILES string of the molecule is Nc1ccc(N2CC(N3CCN(c4ccc(C=O)c(C=O)c4)CC3)C2)cc1. The molecule has 0 radical (unpaired) electrons. The Hall–Kier alpha value is -2.86. The third-order valence-electron chi connectivity index (χ3n) is 5.64. The molecule has 2 aromatic rings. The first-order valence-electron chi connectivity index (χ1n) is 9.32. The highest BCUT2D eigenvalue weighted by Crippen LogP contribution is 2.26. The monoisotopic (exact) mass is 364 g/mol. The second-order valence-electron chi connectivity index (χ2n) is 7.22. The predicted octanol–water partition coefficient (Wildman–Crippen LogP) is 1.90. The van der Waals surface area contributed by atoms with E-state index < -0.39 is 0 Å². The molecule has 0 spiro atoms. The number of nitrogens with zero attached hydrogens (tertiary/aromatic N) is 3. The average Bonchev–Trinajstić information content (AvgIpc) is 2.68. The maximum Gasteiger partial charge on any atom is 0.150 e. The summed E-state index contributed by atoms with van der Waals surface area (Å²) >= 11 is 0. The number of hydrogen-bond acceptors (Lipinski definition) is 6. The van der Waals surface area contributed by atoms with Gasteiger partial charge in [0.1, 0.15) is 0 Å². The molecule has 0 unspecified atom stereocenters. The maximum absolute atomic E-state index is 11.2. The highest BCUT2D eigenvalue weighted by molar-refractivity contribution is 5.91. The van der Waals surface area contributed by atoms with Crippen LogP contribution in [-0.4, -0.2) is 62.8 Å². The van der Waals surface area contributed by atoms with Crippen molar-refractivity contribution in [2.45, 2.75) is 6.04 Å². The van der Waals surface area contributed by atoms with Gasteiger partial charge in [0.25, 0.3) is 0 Å². The Kier molecular flexibility index (Phi) is 4.81. The number of benzene rings is 2. The third kappa shape index (κ3) is 3.53. The van der Waals surface area contributed by atoms with E-state index in [2.05, 4.69) is 26.8 Å². The molecule has 4 rings (SSSR count). The summed E-state index contributed by atoms with van der Waals surface area (Å²) in [5, 5.41) is 0. The van der Waals surface area contributed by atoms with Crippen molar-refractivity contribution in [1.29, 1.82) is 0 Å². The molecule has 0 aromatic heterocycles. The number of nitrogens with two attached hydrogens (primary N) is 1. The van der Waals surface area contributed by atoms with Crippen LogP contribution in [0.15, 0.2) is 42.5 Å². The highest BCUT2D eigenvalue weighted by Gasteiger charge is 2.33. The first kappa shape index (κ1) is 17.5. The molecule has 0 amide bonds. The van der Waals surface area contributed by atoms with E-state index in [0.29, 0.717) is 17.2 Å². The van der Waals surface area contributed by atoms with E-state index in [1.807, 2.05) is 24.3 Å². The number of hydrogen-bond donors (Lipinski definition) is 1. The van der Waals surface area contributed by atoms with Gasteiger partial charge in [0.15, 0.2) is 12.6 Å². The van der Waals surface area contributed by atoms with Crippen LogP contribution in [0.2, 0.25) is 0 Å². The van der Waals surface area contributed by atoms with Gasteiger partial charge in [-0.2, -0.15) is 0 Å². The van der Waals surface area contributed by atoms with Crippen LogP contribution >= 0.6 is 0 Å².